The Morgan fingerprint density at radius 1 is 0.778 bits per heavy atom. The van der Waals surface area contributed by atoms with Gasteiger partial charge in [0.15, 0.2) is 0 Å². The first-order valence-electron chi connectivity index (χ1n) is 10.5. The largest absolute Gasteiger partial charge is 0.0654 e. The van der Waals surface area contributed by atoms with Gasteiger partial charge in [0.05, 0.1) is 0 Å². The Labute approximate surface area is 164 Å². The van der Waals surface area contributed by atoms with E-state index in [0.717, 1.165) is 12.8 Å². The van der Waals surface area contributed by atoms with Crippen LogP contribution in [0.5, 0.6) is 0 Å². The molecule has 0 bridgehead atoms. The van der Waals surface area contributed by atoms with E-state index in [1.807, 2.05) is 0 Å². The van der Waals surface area contributed by atoms with E-state index in [-0.39, 0.29) is 0 Å². The zero-order valence-electron chi connectivity index (χ0n) is 16.7. The van der Waals surface area contributed by atoms with Gasteiger partial charge in [0, 0.05) is 0 Å². The average molecular weight is 355 g/mol. The van der Waals surface area contributed by atoms with Crippen LogP contribution in [0, 0.1) is 6.92 Å². The third kappa shape index (κ3) is 3.86. The number of aryl methyl sites for hydroxylation is 2. The van der Waals surface area contributed by atoms with Gasteiger partial charge in [-0.15, -0.1) is 0 Å². The fraction of sp³-hybridized carbons (Fsp3) is 0.333. The summed E-state index contributed by atoms with van der Waals surface area (Å²) in [5, 5.41) is 0. The van der Waals surface area contributed by atoms with Crippen molar-refractivity contribution in [3.05, 3.63) is 94.5 Å². The molecule has 0 spiro atoms. The molecule has 1 aliphatic carbocycles. The number of unbranched alkanes of at least 4 members (excludes halogenated alkanes) is 2. The van der Waals surface area contributed by atoms with Gasteiger partial charge in [-0.1, -0.05) is 86.5 Å². The predicted octanol–water partition coefficient (Wildman–Crippen LogP) is 7.28. The molecular formula is C27H30. The minimum absolute atomic E-state index is 0.555. The smallest absolute Gasteiger partial charge is 0.00780 e. The van der Waals surface area contributed by atoms with Gasteiger partial charge in [0.2, 0.25) is 0 Å². The van der Waals surface area contributed by atoms with Crippen LogP contribution in [0.2, 0.25) is 0 Å². The van der Waals surface area contributed by atoms with Crippen LogP contribution >= 0.6 is 0 Å². The van der Waals surface area contributed by atoms with Crippen LogP contribution in [-0.2, 0) is 19.3 Å². The van der Waals surface area contributed by atoms with Crippen molar-refractivity contribution in [2.45, 2.75) is 58.3 Å². The van der Waals surface area contributed by atoms with Crippen molar-refractivity contribution in [2.24, 2.45) is 0 Å². The SMILES string of the molecule is CCCCCc1ccc2c(c1)CC(c1ccccc1C)Cc1ccccc1-2. The lowest BCUT2D eigenvalue weighted by Crippen LogP contribution is -2.07. The molecule has 1 aliphatic rings. The molecule has 0 fully saturated rings. The molecule has 1 unspecified atom stereocenters. The van der Waals surface area contributed by atoms with Crippen LogP contribution in [0.1, 0.15) is 59.9 Å². The van der Waals surface area contributed by atoms with Gasteiger partial charge < -0.3 is 0 Å². The average Bonchev–Trinajstić information content (AvgIpc) is 2.85. The molecule has 27 heavy (non-hydrogen) atoms. The quantitative estimate of drug-likeness (QED) is 0.422. The first-order chi connectivity index (χ1) is 13.3. The molecule has 0 saturated carbocycles. The number of benzene rings is 3. The van der Waals surface area contributed by atoms with Crippen molar-refractivity contribution in [3.63, 3.8) is 0 Å². The molecule has 0 heteroatoms. The Balaban J connectivity index is 1.76. The summed E-state index contributed by atoms with van der Waals surface area (Å²) in [5.74, 6) is 0.555. The second-order valence-corrected chi connectivity index (χ2v) is 8.07. The van der Waals surface area contributed by atoms with Crippen molar-refractivity contribution in [1.29, 1.82) is 0 Å². The lowest BCUT2D eigenvalue weighted by molar-refractivity contribution is 0.682. The maximum Gasteiger partial charge on any atom is -0.00780 e. The van der Waals surface area contributed by atoms with E-state index in [0.29, 0.717) is 5.92 Å². The normalized spacial score (nSPS) is 15.7. The Morgan fingerprint density at radius 3 is 2.37 bits per heavy atom. The zero-order chi connectivity index (χ0) is 18.6. The van der Waals surface area contributed by atoms with E-state index in [9.17, 15) is 0 Å². The monoisotopic (exact) mass is 354 g/mol. The van der Waals surface area contributed by atoms with E-state index in [1.165, 1.54) is 64.6 Å². The minimum Gasteiger partial charge on any atom is -0.0654 e. The summed E-state index contributed by atoms with van der Waals surface area (Å²) in [6, 6.07) is 25.2. The summed E-state index contributed by atoms with van der Waals surface area (Å²) in [4.78, 5) is 0. The summed E-state index contributed by atoms with van der Waals surface area (Å²) < 4.78 is 0. The second-order valence-electron chi connectivity index (χ2n) is 8.07. The molecule has 0 saturated heterocycles. The molecule has 0 amide bonds. The van der Waals surface area contributed by atoms with Gasteiger partial charge >= 0.3 is 0 Å². The summed E-state index contributed by atoms with van der Waals surface area (Å²) in [6.07, 6.45) is 7.38. The molecule has 0 heterocycles. The van der Waals surface area contributed by atoms with Crippen LogP contribution in [0.3, 0.4) is 0 Å². The molecule has 3 aromatic rings. The van der Waals surface area contributed by atoms with Crippen molar-refractivity contribution in [3.8, 4) is 11.1 Å². The number of rotatable bonds is 5. The summed E-state index contributed by atoms with van der Waals surface area (Å²) in [5.41, 5.74) is 10.3. The van der Waals surface area contributed by atoms with E-state index in [2.05, 4.69) is 80.6 Å². The minimum atomic E-state index is 0.555. The van der Waals surface area contributed by atoms with E-state index >= 15 is 0 Å². The Morgan fingerprint density at radius 2 is 1.52 bits per heavy atom. The van der Waals surface area contributed by atoms with Crippen molar-refractivity contribution in [1.82, 2.24) is 0 Å². The van der Waals surface area contributed by atoms with Crippen LogP contribution < -0.4 is 0 Å². The molecule has 138 valence electrons. The molecule has 0 nitrogen and oxygen atoms in total. The Bertz CT molecular complexity index is 919. The van der Waals surface area contributed by atoms with Gasteiger partial charge in [-0.05, 0) is 77.5 Å². The van der Waals surface area contributed by atoms with Crippen molar-refractivity contribution in [2.75, 3.05) is 0 Å². The third-order valence-electron chi connectivity index (χ3n) is 6.11. The molecule has 0 N–H and O–H groups in total. The molecular weight excluding hydrogens is 324 g/mol. The second kappa shape index (κ2) is 8.13. The van der Waals surface area contributed by atoms with Gasteiger partial charge in [0.1, 0.15) is 0 Å². The Kier molecular flexibility index (Phi) is 5.43. The van der Waals surface area contributed by atoms with E-state index in [1.54, 1.807) is 0 Å². The van der Waals surface area contributed by atoms with Gasteiger partial charge in [-0.25, -0.2) is 0 Å². The summed E-state index contributed by atoms with van der Waals surface area (Å²) in [6.45, 7) is 4.54. The maximum atomic E-state index is 2.50. The Hall–Kier alpha value is -2.34. The van der Waals surface area contributed by atoms with Gasteiger partial charge in [0.25, 0.3) is 0 Å². The third-order valence-corrected chi connectivity index (χ3v) is 6.11. The molecule has 0 aliphatic heterocycles. The fourth-order valence-corrected chi connectivity index (χ4v) is 4.64. The fourth-order valence-electron chi connectivity index (χ4n) is 4.64. The van der Waals surface area contributed by atoms with Crippen LogP contribution in [-0.4, -0.2) is 0 Å². The van der Waals surface area contributed by atoms with Crippen LogP contribution in [0.4, 0.5) is 0 Å². The molecule has 3 aromatic carbocycles. The molecule has 0 radical (unpaired) electrons. The number of hydrogen-bond donors (Lipinski definition) is 0. The maximum absolute atomic E-state index is 2.50. The highest BCUT2D eigenvalue weighted by molar-refractivity contribution is 5.72. The van der Waals surface area contributed by atoms with Crippen molar-refractivity contribution >= 4 is 0 Å². The summed E-state index contributed by atoms with van der Waals surface area (Å²) in [7, 11) is 0. The lowest BCUT2D eigenvalue weighted by atomic mass is 9.86. The topological polar surface area (TPSA) is 0 Å². The molecule has 4 rings (SSSR count). The first-order valence-corrected chi connectivity index (χ1v) is 10.5. The highest BCUT2D eigenvalue weighted by Gasteiger charge is 2.23. The molecule has 1 atom stereocenters. The van der Waals surface area contributed by atoms with E-state index in [4.69, 9.17) is 0 Å². The number of hydrogen-bond acceptors (Lipinski definition) is 0. The van der Waals surface area contributed by atoms with Crippen LogP contribution in [0.25, 0.3) is 11.1 Å². The number of fused-ring (bicyclic) bond motifs is 3. The highest BCUT2D eigenvalue weighted by Crippen LogP contribution is 2.39. The van der Waals surface area contributed by atoms with Crippen LogP contribution in [0.15, 0.2) is 66.7 Å². The first kappa shape index (κ1) is 18.0. The zero-order valence-corrected chi connectivity index (χ0v) is 16.7. The van der Waals surface area contributed by atoms with Gasteiger partial charge in [-0.2, -0.15) is 0 Å². The van der Waals surface area contributed by atoms with E-state index < -0.39 is 0 Å². The standard InChI is InChI=1S/C27H30/c1-3-4-5-11-21-15-16-27-23(17-21)19-24(25-13-8-6-10-20(25)2)18-22-12-7-9-14-26(22)27/h6-10,12-17,24H,3-5,11,18-19H2,1-2H3. The van der Waals surface area contributed by atoms with Gasteiger partial charge in [-0.3, -0.25) is 0 Å². The predicted molar refractivity (Wildman–Crippen MR) is 116 cm³/mol. The molecule has 0 aromatic heterocycles. The van der Waals surface area contributed by atoms with Crippen molar-refractivity contribution < 1.29 is 0 Å². The summed E-state index contributed by atoms with van der Waals surface area (Å²) >= 11 is 0. The lowest BCUT2D eigenvalue weighted by Gasteiger charge is -2.18. The highest BCUT2D eigenvalue weighted by atomic mass is 14.3.